The molecule has 0 N–H and O–H groups in total. The number of thiazole rings is 1. The number of rotatable bonds is 4. The van der Waals surface area contributed by atoms with Crippen LogP contribution in [-0.2, 0) is 9.53 Å². The summed E-state index contributed by atoms with van der Waals surface area (Å²) in [5.41, 5.74) is 1.02. The Morgan fingerprint density at radius 2 is 2.29 bits per heavy atom. The lowest BCUT2D eigenvalue weighted by Crippen LogP contribution is -2.42. The third-order valence-electron chi connectivity index (χ3n) is 3.83. The summed E-state index contributed by atoms with van der Waals surface area (Å²) in [6.07, 6.45) is 6.34. The lowest BCUT2D eigenvalue weighted by molar-refractivity contribution is -0.149. The molecule has 1 saturated heterocycles. The zero-order valence-corrected chi connectivity index (χ0v) is 14.2. The fourth-order valence-corrected chi connectivity index (χ4v) is 3.43. The van der Waals surface area contributed by atoms with Crippen LogP contribution in [0.2, 0.25) is 0 Å². The van der Waals surface area contributed by atoms with Crippen molar-refractivity contribution in [1.82, 2.24) is 19.9 Å². The van der Waals surface area contributed by atoms with Gasteiger partial charge in [0.15, 0.2) is 0 Å². The third-order valence-corrected chi connectivity index (χ3v) is 4.70. The maximum absolute atomic E-state index is 12.7. The fraction of sp³-hybridized carbons (Fsp3) is 0.438. The molecule has 3 heterocycles. The van der Waals surface area contributed by atoms with Gasteiger partial charge in [0.1, 0.15) is 16.4 Å². The molecule has 2 aromatic heterocycles. The van der Waals surface area contributed by atoms with Gasteiger partial charge in [-0.15, -0.1) is 11.3 Å². The number of hydrogen-bond donors (Lipinski definition) is 0. The number of likely N-dealkylation sites (tertiary alicyclic amines) is 1. The first-order valence-corrected chi connectivity index (χ1v) is 8.74. The van der Waals surface area contributed by atoms with Gasteiger partial charge >= 0.3 is 5.97 Å². The van der Waals surface area contributed by atoms with Crippen molar-refractivity contribution in [2.75, 3.05) is 19.7 Å². The van der Waals surface area contributed by atoms with E-state index in [9.17, 15) is 9.59 Å². The second-order valence-electron chi connectivity index (χ2n) is 5.47. The van der Waals surface area contributed by atoms with E-state index in [1.54, 1.807) is 35.8 Å². The average Bonchev–Trinajstić information content (AvgIpc) is 3.12. The lowest BCUT2D eigenvalue weighted by atomic mass is 9.98. The summed E-state index contributed by atoms with van der Waals surface area (Å²) in [6.45, 7) is 3.16. The van der Waals surface area contributed by atoms with E-state index < -0.39 is 0 Å². The van der Waals surface area contributed by atoms with Gasteiger partial charge in [0.05, 0.1) is 18.7 Å². The molecule has 0 spiro atoms. The molecule has 1 amide bonds. The molecular formula is C16H18N4O3S. The maximum Gasteiger partial charge on any atom is 0.310 e. The molecule has 2 aromatic rings. The number of nitrogens with zero attached hydrogens (tertiary/aromatic N) is 4. The Labute approximate surface area is 143 Å². The number of carbonyl (C=O) groups is 2. The molecule has 126 valence electrons. The molecule has 0 radical (unpaired) electrons. The second kappa shape index (κ2) is 7.48. The topological polar surface area (TPSA) is 85.3 Å². The summed E-state index contributed by atoms with van der Waals surface area (Å²) >= 11 is 1.36. The Balaban J connectivity index is 1.70. The Hall–Kier alpha value is -2.35. The summed E-state index contributed by atoms with van der Waals surface area (Å²) < 4.78 is 5.07. The zero-order chi connectivity index (χ0) is 16.9. The normalized spacial score (nSPS) is 17.5. The van der Waals surface area contributed by atoms with Crippen LogP contribution in [0.3, 0.4) is 0 Å². The van der Waals surface area contributed by atoms with Crippen LogP contribution >= 0.6 is 11.3 Å². The van der Waals surface area contributed by atoms with Gasteiger partial charge in [-0.1, -0.05) is 0 Å². The average molecular weight is 346 g/mol. The SMILES string of the molecule is CCOC(=O)C1CCCN(C(=O)c2csc(-c3cnccn3)n2)C1. The first-order chi connectivity index (χ1) is 11.7. The van der Waals surface area contributed by atoms with Gasteiger partial charge in [-0.25, -0.2) is 4.98 Å². The third kappa shape index (κ3) is 3.59. The van der Waals surface area contributed by atoms with Crippen LogP contribution in [0.25, 0.3) is 10.7 Å². The number of amides is 1. The van der Waals surface area contributed by atoms with Crippen molar-refractivity contribution in [3.63, 3.8) is 0 Å². The van der Waals surface area contributed by atoms with E-state index in [-0.39, 0.29) is 17.8 Å². The molecule has 0 aromatic carbocycles. The van der Waals surface area contributed by atoms with Crippen molar-refractivity contribution in [3.8, 4) is 10.7 Å². The predicted octanol–water partition coefficient (Wildman–Crippen LogP) is 2.02. The molecule has 1 unspecified atom stereocenters. The summed E-state index contributed by atoms with van der Waals surface area (Å²) in [5, 5.41) is 2.38. The standard InChI is InChI=1S/C16H18N4O3S/c1-2-23-16(22)11-4-3-7-20(9-11)15(21)13-10-24-14(19-13)12-8-17-5-6-18-12/h5-6,8,10-11H,2-4,7,9H2,1H3. The van der Waals surface area contributed by atoms with Crippen LogP contribution in [0.4, 0.5) is 0 Å². The van der Waals surface area contributed by atoms with Crippen molar-refractivity contribution in [1.29, 1.82) is 0 Å². The number of carbonyl (C=O) groups excluding carboxylic acids is 2. The molecule has 0 bridgehead atoms. The van der Waals surface area contributed by atoms with Gasteiger partial charge in [0.2, 0.25) is 0 Å². The number of hydrogen-bond acceptors (Lipinski definition) is 7. The Morgan fingerprint density at radius 3 is 3.04 bits per heavy atom. The van der Waals surface area contributed by atoms with Crippen molar-refractivity contribution in [2.24, 2.45) is 5.92 Å². The minimum absolute atomic E-state index is 0.157. The van der Waals surface area contributed by atoms with E-state index >= 15 is 0 Å². The maximum atomic E-state index is 12.7. The van der Waals surface area contributed by atoms with Crippen molar-refractivity contribution in [2.45, 2.75) is 19.8 Å². The van der Waals surface area contributed by atoms with Crippen molar-refractivity contribution in [3.05, 3.63) is 29.7 Å². The number of aromatic nitrogens is 3. The second-order valence-corrected chi connectivity index (χ2v) is 6.33. The fourth-order valence-electron chi connectivity index (χ4n) is 2.68. The first-order valence-electron chi connectivity index (χ1n) is 7.87. The molecular weight excluding hydrogens is 328 g/mol. The van der Waals surface area contributed by atoms with Crippen LogP contribution < -0.4 is 0 Å². The van der Waals surface area contributed by atoms with Crippen LogP contribution in [0.1, 0.15) is 30.3 Å². The highest BCUT2D eigenvalue weighted by molar-refractivity contribution is 7.13. The molecule has 1 aliphatic rings. The highest BCUT2D eigenvalue weighted by Gasteiger charge is 2.30. The van der Waals surface area contributed by atoms with E-state index in [2.05, 4.69) is 15.0 Å². The van der Waals surface area contributed by atoms with Crippen LogP contribution in [-0.4, -0.2) is 51.4 Å². The molecule has 3 rings (SSSR count). The summed E-state index contributed by atoms with van der Waals surface area (Å²) in [6, 6.07) is 0. The van der Waals surface area contributed by atoms with Gasteiger partial charge in [-0.3, -0.25) is 19.6 Å². The van der Waals surface area contributed by atoms with Gasteiger partial charge in [0, 0.05) is 30.9 Å². The first kappa shape index (κ1) is 16.5. The van der Waals surface area contributed by atoms with E-state index in [0.717, 1.165) is 12.8 Å². The Morgan fingerprint density at radius 1 is 1.42 bits per heavy atom. The monoisotopic (exact) mass is 346 g/mol. The lowest BCUT2D eigenvalue weighted by Gasteiger charge is -2.31. The number of piperidine rings is 1. The van der Waals surface area contributed by atoms with Crippen molar-refractivity contribution >= 4 is 23.2 Å². The minimum atomic E-state index is -0.249. The highest BCUT2D eigenvalue weighted by atomic mass is 32.1. The van der Waals surface area contributed by atoms with E-state index in [4.69, 9.17) is 4.74 Å². The van der Waals surface area contributed by atoms with Crippen molar-refractivity contribution < 1.29 is 14.3 Å². The summed E-state index contributed by atoms with van der Waals surface area (Å²) in [7, 11) is 0. The Kier molecular flexibility index (Phi) is 5.14. The molecule has 1 aliphatic heterocycles. The van der Waals surface area contributed by atoms with Gasteiger partial charge in [-0.05, 0) is 19.8 Å². The van der Waals surface area contributed by atoms with Crippen LogP contribution in [0.15, 0.2) is 24.0 Å². The smallest absolute Gasteiger partial charge is 0.310 e. The largest absolute Gasteiger partial charge is 0.466 e. The number of esters is 1. The van der Waals surface area contributed by atoms with E-state index in [0.29, 0.717) is 36.1 Å². The molecule has 7 nitrogen and oxygen atoms in total. The molecule has 0 saturated carbocycles. The van der Waals surface area contributed by atoms with Crippen LogP contribution in [0, 0.1) is 5.92 Å². The zero-order valence-electron chi connectivity index (χ0n) is 13.3. The van der Waals surface area contributed by atoms with Crippen LogP contribution in [0.5, 0.6) is 0 Å². The number of ether oxygens (including phenoxy) is 1. The molecule has 1 atom stereocenters. The molecule has 0 aliphatic carbocycles. The summed E-state index contributed by atoms with van der Waals surface area (Å²) in [4.78, 5) is 38.8. The highest BCUT2D eigenvalue weighted by Crippen LogP contribution is 2.24. The Bertz CT molecular complexity index is 719. The van der Waals surface area contributed by atoms with E-state index in [1.165, 1.54) is 11.3 Å². The summed E-state index contributed by atoms with van der Waals surface area (Å²) in [5.74, 6) is -0.635. The van der Waals surface area contributed by atoms with Gasteiger partial charge in [0.25, 0.3) is 5.91 Å². The predicted molar refractivity (Wildman–Crippen MR) is 88.4 cm³/mol. The molecule has 8 heteroatoms. The van der Waals surface area contributed by atoms with Gasteiger partial charge in [-0.2, -0.15) is 0 Å². The quantitative estimate of drug-likeness (QED) is 0.787. The minimum Gasteiger partial charge on any atom is -0.466 e. The van der Waals surface area contributed by atoms with E-state index in [1.807, 2.05) is 0 Å². The van der Waals surface area contributed by atoms with Gasteiger partial charge < -0.3 is 9.64 Å². The molecule has 1 fully saturated rings. The molecule has 24 heavy (non-hydrogen) atoms.